The summed E-state index contributed by atoms with van der Waals surface area (Å²) in [7, 11) is 0. The predicted octanol–water partition coefficient (Wildman–Crippen LogP) is 0.685. The van der Waals surface area contributed by atoms with E-state index in [2.05, 4.69) is 0 Å². The summed E-state index contributed by atoms with van der Waals surface area (Å²) in [5, 5.41) is 8.88. The Morgan fingerprint density at radius 2 is 2.06 bits per heavy atom. The number of carboxylic acids is 1. The lowest BCUT2D eigenvalue weighted by Gasteiger charge is -2.42. The summed E-state index contributed by atoms with van der Waals surface area (Å²) in [5.41, 5.74) is 5.28. The van der Waals surface area contributed by atoms with Crippen LogP contribution in [-0.2, 0) is 9.59 Å². The van der Waals surface area contributed by atoms with Crippen molar-refractivity contribution in [1.82, 2.24) is 4.90 Å². The van der Waals surface area contributed by atoms with Crippen LogP contribution in [0.3, 0.4) is 0 Å². The molecule has 0 heterocycles. The second-order valence-electron chi connectivity index (χ2n) is 4.92. The van der Waals surface area contributed by atoms with Crippen molar-refractivity contribution in [1.29, 1.82) is 0 Å². The molecule has 0 bridgehead atoms. The number of hydrogen-bond acceptors (Lipinski definition) is 3. The topological polar surface area (TPSA) is 83.6 Å². The fraction of sp³-hybridized carbons (Fsp3) is 0.833. The van der Waals surface area contributed by atoms with Gasteiger partial charge in [0.1, 0.15) is 0 Å². The molecule has 1 aliphatic rings. The van der Waals surface area contributed by atoms with Crippen LogP contribution in [0.1, 0.15) is 33.1 Å². The van der Waals surface area contributed by atoms with E-state index < -0.39 is 17.3 Å². The lowest BCUT2D eigenvalue weighted by atomic mass is 9.67. The summed E-state index contributed by atoms with van der Waals surface area (Å²) >= 11 is 0. The average Bonchev–Trinajstić information content (AvgIpc) is 2.24. The Morgan fingerprint density at radius 3 is 2.35 bits per heavy atom. The minimum absolute atomic E-state index is 0.0295. The quantitative estimate of drug-likeness (QED) is 0.717. The van der Waals surface area contributed by atoms with E-state index in [1.165, 1.54) is 0 Å². The summed E-state index contributed by atoms with van der Waals surface area (Å²) in [6.45, 7) is 4.66. The molecule has 1 saturated carbocycles. The van der Waals surface area contributed by atoms with Crippen molar-refractivity contribution in [2.75, 3.05) is 19.6 Å². The number of hydrogen-bond donors (Lipinski definition) is 2. The molecule has 0 spiro atoms. The lowest BCUT2D eigenvalue weighted by Crippen LogP contribution is -2.53. The number of nitrogens with two attached hydrogens (primary N) is 1. The van der Waals surface area contributed by atoms with Gasteiger partial charge in [0.2, 0.25) is 5.91 Å². The van der Waals surface area contributed by atoms with Crippen LogP contribution in [0.5, 0.6) is 0 Å². The van der Waals surface area contributed by atoms with Crippen LogP contribution in [0.2, 0.25) is 0 Å². The first-order chi connectivity index (χ1) is 7.96. The third-order valence-electron chi connectivity index (χ3n) is 3.74. The summed E-state index contributed by atoms with van der Waals surface area (Å²) in [4.78, 5) is 24.8. The minimum atomic E-state index is -0.869. The number of nitrogens with zero attached hydrogens (tertiary/aromatic N) is 1. The molecule has 5 nitrogen and oxygen atoms in total. The van der Waals surface area contributed by atoms with Gasteiger partial charge in [-0.3, -0.25) is 9.59 Å². The van der Waals surface area contributed by atoms with Crippen molar-refractivity contribution in [3.05, 3.63) is 0 Å². The number of carbonyl (C=O) groups is 2. The highest BCUT2D eigenvalue weighted by molar-refractivity contribution is 5.84. The maximum absolute atomic E-state index is 12.3. The number of rotatable bonds is 6. The van der Waals surface area contributed by atoms with Crippen LogP contribution in [0.4, 0.5) is 0 Å². The molecule has 0 aromatic heterocycles. The highest BCUT2D eigenvalue weighted by atomic mass is 16.4. The molecule has 1 rings (SSSR count). The van der Waals surface area contributed by atoms with Gasteiger partial charge in [-0.1, -0.05) is 13.3 Å². The van der Waals surface area contributed by atoms with Crippen LogP contribution in [0.25, 0.3) is 0 Å². The van der Waals surface area contributed by atoms with Crippen LogP contribution in [-0.4, -0.2) is 41.5 Å². The Morgan fingerprint density at radius 1 is 1.47 bits per heavy atom. The molecular weight excluding hydrogens is 220 g/mol. The van der Waals surface area contributed by atoms with E-state index in [0.717, 1.165) is 19.3 Å². The Labute approximate surface area is 102 Å². The normalized spacial score (nSPS) is 19.2. The van der Waals surface area contributed by atoms with E-state index in [-0.39, 0.29) is 12.5 Å². The van der Waals surface area contributed by atoms with Gasteiger partial charge in [0.25, 0.3) is 0 Å². The Bertz CT molecular complexity index is 295. The Hall–Kier alpha value is -1.10. The molecule has 5 heteroatoms. The zero-order chi connectivity index (χ0) is 13.1. The van der Waals surface area contributed by atoms with Crippen molar-refractivity contribution in [2.24, 2.45) is 17.1 Å². The first-order valence-corrected chi connectivity index (χ1v) is 6.19. The molecule has 0 aliphatic heterocycles. The van der Waals surface area contributed by atoms with Crippen molar-refractivity contribution in [3.8, 4) is 0 Å². The van der Waals surface area contributed by atoms with Crippen molar-refractivity contribution >= 4 is 11.9 Å². The van der Waals surface area contributed by atoms with Gasteiger partial charge in [0.15, 0.2) is 0 Å². The van der Waals surface area contributed by atoms with Crippen LogP contribution in [0.15, 0.2) is 0 Å². The van der Waals surface area contributed by atoms with Crippen molar-refractivity contribution in [2.45, 2.75) is 33.1 Å². The van der Waals surface area contributed by atoms with Gasteiger partial charge in [-0.2, -0.15) is 0 Å². The molecule has 1 unspecified atom stereocenters. The lowest BCUT2D eigenvalue weighted by molar-refractivity contribution is -0.149. The first kappa shape index (κ1) is 14.0. The van der Waals surface area contributed by atoms with E-state index in [1.54, 1.807) is 11.8 Å². The molecule has 0 aromatic rings. The zero-order valence-electron chi connectivity index (χ0n) is 10.6. The third-order valence-corrected chi connectivity index (χ3v) is 3.74. The molecule has 0 radical (unpaired) electrons. The van der Waals surface area contributed by atoms with Gasteiger partial charge < -0.3 is 15.7 Å². The van der Waals surface area contributed by atoms with Crippen LogP contribution in [0, 0.1) is 11.3 Å². The maximum Gasteiger partial charge on any atom is 0.308 e. The van der Waals surface area contributed by atoms with E-state index in [0.29, 0.717) is 13.1 Å². The predicted molar refractivity (Wildman–Crippen MR) is 64.4 cm³/mol. The molecule has 3 N–H and O–H groups in total. The summed E-state index contributed by atoms with van der Waals surface area (Å²) in [5.74, 6) is -1.37. The van der Waals surface area contributed by atoms with E-state index in [1.807, 2.05) is 6.92 Å². The monoisotopic (exact) mass is 242 g/mol. The van der Waals surface area contributed by atoms with Gasteiger partial charge >= 0.3 is 5.97 Å². The summed E-state index contributed by atoms with van der Waals surface area (Å²) in [6, 6.07) is 0. The van der Waals surface area contributed by atoms with Gasteiger partial charge in [-0.05, 0) is 19.8 Å². The average molecular weight is 242 g/mol. The van der Waals surface area contributed by atoms with Gasteiger partial charge in [0.05, 0.1) is 11.3 Å². The summed E-state index contributed by atoms with van der Waals surface area (Å²) in [6.07, 6.45) is 2.70. The number of carboxylic acid groups (broad SMARTS) is 1. The van der Waals surface area contributed by atoms with Crippen molar-refractivity contribution < 1.29 is 14.7 Å². The summed E-state index contributed by atoms with van der Waals surface area (Å²) < 4.78 is 0. The van der Waals surface area contributed by atoms with E-state index in [4.69, 9.17) is 10.8 Å². The molecule has 17 heavy (non-hydrogen) atoms. The van der Waals surface area contributed by atoms with Gasteiger partial charge in [-0.15, -0.1) is 0 Å². The molecule has 1 fully saturated rings. The molecule has 1 aliphatic carbocycles. The maximum atomic E-state index is 12.3. The molecule has 0 aromatic carbocycles. The highest BCUT2D eigenvalue weighted by Crippen LogP contribution is 2.41. The fourth-order valence-electron chi connectivity index (χ4n) is 2.21. The molecule has 1 atom stereocenters. The zero-order valence-corrected chi connectivity index (χ0v) is 10.6. The highest BCUT2D eigenvalue weighted by Gasteiger charge is 2.45. The Balaban J connectivity index is 2.67. The first-order valence-electron chi connectivity index (χ1n) is 6.19. The molecule has 1 amide bonds. The van der Waals surface area contributed by atoms with E-state index in [9.17, 15) is 9.59 Å². The second-order valence-corrected chi connectivity index (χ2v) is 4.92. The smallest absolute Gasteiger partial charge is 0.308 e. The molecule has 0 saturated heterocycles. The van der Waals surface area contributed by atoms with Crippen molar-refractivity contribution in [3.63, 3.8) is 0 Å². The van der Waals surface area contributed by atoms with Crippen LogP contribution < -0.4 is 5.73 Å². The number of amides is 1. The van der Waals surface area contributed by atoms with Gasteiger partial charge in [0, 0.05) is 19.6 Å². The van der Waals surface area contributed by atoms with Gasteiger partial charge in [-0.25, -0.2) is 0 Å². The fourth-order valence-corrected chi connectivity index (χ4v) is 2.21. The molecular formula is C12H22N2O3. The third kappa shape index (κ3) is 2.77. The number of aliphatic carboxylic acids is 1. The largest absolute Gasteiger partial charge is 0.481 e. The second kappa shape index (κ2) is 5.49. The van der Waals surface area contributed by atoms with Crippen LogP contribution >= 0.6 is 0 Å². The SMILES string of the molecule is CCN(CC(C)C(=O)O)C(=O)C1(CN)CCC1. The Kier molecular flexibility index (Phi) is 4.51. The minimum Gasteiger partial charge on any atom is -0.481 e. The standard InChI is InChI=1S/C12H22N2O3/c1-3-14(7-9(2)10(15)16)11(17)12(8-13)5-4-6-12/h9H,3-8,13H2,1-2H3,(H,15,16). The molecule has 98 valence electrons. The van der Waals surface area contributed by atoms with E-state index >= 15 is 0 Å². The number of carbonyl (C=O) groups excluding carboxylic acids is 1.